The number of hydrogen-bond acceptors (Lipinski definition) is 2. The molecule has 0 saturated heterocycles. The molecule has 2 rings (SSSR count). The third kappa shape index (κ3) is 1.76. The Kier molecular flexibility index (Phi) is 2.39. The van der Waals surface area contributed by atoms with Gasteiger partial charge in [0.1, 0.15) is 0 Å². The second-order valence-electron chi connectivity index (χ2n) is 3.18. The van der Waals surface area contributed by atoms with Gasteiger partial charge in [0.2, 0.25) is 0 Å². The van der Waals surface area contributed by atoms with Gasteiger partial charge in [0, 0.05) is 11.6 Å². The van der Waals surface area contributed by atoms with Gasteiger partial charge in [0.25, 0.3) is 0 Å². The van der Waals surface area contributed by atoms with E-state index in [-0.39, 0.29) is 16.5 Å². The Bertz CT molecular complexity index is 483. The average molecular weight is 245 g/mol. The van der Waals surface area contributed by atoms with Crippen molar-refractivity contribution >= 4 is 17.2 Å². The first-order valence-corrected chi connectivity index (χ1v) is 4.72. The van der Waals surface area contributed by atoms with Crippen molar-refractivity contribution in [2.75, 3.05) is 0 Å². The second kappa shape index (κ2) is 3.49. The monoisotopic (exact) mass is 244 g/mol. The quantitative estimate of drug-likeness (QED) is 0.736. The molecule has 2 nitrogen and oxygen atoms in total. The van der Waals surface area contributed by atoms with E-state index in [2.05, 4.69) is 22.6 Å². The Morgan fingerprint density at radius 2 is 1.88 bits per heavy atom. The zero-order valence-corrected chi connectivity index (χ0v) is 8.85. The van der Waals surface area contributed by atoms with Crippen molar-refractivity contribution in [3.05, 3.63) is 42.0 Å². The van der Waals surface area contributed by atoms with Crippen LogP contribution in [0.25, 0.3) is 5.57 Å². The highest BCUT2D eigenvalue weighted by Crippen LogP contribution is 2.44. The van der Waals surface area contributed by atoms with Gasteiger partial charge in [-0.2, -0.15) is 0 Å². The van der Waals surface area contributed by atoms with Gasteiger partial charge in [-0.3, -0.25) is 0 Å². The molecule has 0 fully saturated rings. The number of halogens is 3. The van der Waals surface area contributed by atoms with Crippen LogP contribution in [-0.2, 0) is 0 Å². The van der Waals surface area contributed by atoms with E-state index in [1.165, 1.54) is 18.2 Å². The number of hydrogen-bond donors (Lipinski definition) is 0. The Balaban J connectivity index is 2.49. The molecule has 1 heterocycles. The van der Waals surface area contributed by atoms with Crippen LogP contribution in [-0.4, -0.2) is 6.29 Å². The van der Waals surface area contributed by atoms with Crippen molar-refractivity contribution in [3.8, 4) is 11.5 Å². The van der Waals surface area contributed by atoms with Crippen LogP contribution < -0.4 is 9.47 Å². The molecule has 0 bridgehead atoms. The summed E-state index contributed by atoms with van der Waals surface area (Å²) in [6.45, 7) is 7.20. The molecule has 5 heteroatoms. The topological polar surface area (TPSA) is 18.5 Å². The maximum absolute atomic E-state index is 12.8. The van der Waals surface area contributed by atoms with E-state index >= 15 is 0 Å². The van der Waals surface area contributed by atoms with Crippen molar-refractivity contribution < 1.29 is 18.3 Å². The van der Waals surface area contributed by atoms with Crippen LogP contribution in [0.5, 0.6) is 11.5 Å². The molecular formula is C11H7ClF2O2. The lowest BCUT2D eigenvalue weighted by Gasteiger charge is -2.04. The molecule has 0 spiro atoms. The highest BCUT2D eigenvalue weighted by molar-refractivity contribution is 6.32. The molecule has 1 aromatic carbocycles. The molecule has 0 saturated carbocycles. The lowest BCUT2D eigenvalue weighted by atomic mass is 10.1. The molecule has 0 N–H and O–H groups in total. The largest absolute Gasteiger partial charge is 0.586 e. The van der Waals surface area contributed by atoms with Crippen LogP contribution >= 0.6 is 11.6 Å². The maximum atomic E-state index is 12.8. The maximum Gasteiger partial charge on any atom is 0.586 e. The minimum Gasteiger partial charge on any atom is -0.395 e. The first-order chi connectivity index (χ1) is 7.43. The van der Waals surface area contributed by atoms with Crippen LogP contribution in [0.2, 0.25) is 5.02 Å². The van der Waals surface area contributed by atoms with Crippen molar-refractivity contribution in [1.82, 2.24) is 0 Å². The normalized spacial score (nSPS) is 15.9. The fraction of sp³-hybridized carbons (Fsp3) is 0.0909. The standard InChI is InChI=1S/C11H7ClF2O2/c1-3-6(2)7-4-9-10(5-8(7)12)16-11(13,14)15-9/h3-5H,1-2H2. The number of rotatable bonds is 2. The Morgan fingerprint density at radius 1 is 1.31 bits per heavy atom. The van der Waals surface area contributed by atoms with E-state index in [0.717, 1.165) is 0 Å². The summed E-state index contributed by atoms with van der Waals surface area (Å²) in [5.41, 5.74) is 1.00. The third-order valence-corrected chi connectivity index (χ3v) is 2.40. The van der Waals surface area contributed by atoms with Gasteiger partial charge in [-0.15, -0.1) is 8.78 Å². The molecular weight excluding hydrogens is 238 g/mol. The molecule has 1 aliphatic heterocycles. The number of benzene rings is 1. The zero-order valence-electron chi connectivity index (χ0n) is 8.10. The summed E-state index contributed by atoms with van der Waals surface area (Å²) in [6, 6.07) is 2.62. The van der Waals surface area contributed by atoms with Crippen LogP contribution in [0.4, 0.5) is 8.78 Å². The van der Waals surface area contributed by atoms with E-state index < -0.39 is 6.29 Å². The van der Waals surface area contributed by atoms with Gasteiger partial charge in [-0.05, 0) is 11.6 Å². The van der Waals surface area contributed by atoms with Crippen LogP contribution in [0.3, 0.4) is 0 Å². The van der Waals surface area contributed by atoms with Gasteiger partial charge < -0.3 is 9.47 Å². The summed E-state index contributed by atoms with van der Waals surface area (Å²) in [7, 11) is 0. The second-order valence-corrected chi connectivity index (χ2v) is 3.58. The van der Waals surface area contributed by atoms with Gasteiger partial charge in [0.05, 0.1) is 5.02 Å². The smallest absolute Gasteiger partial charge is 0.395 e. The minimum atomic E-state index is -3.64. The third-order valence-electron chi connectivity index (χ3n) is 2.08. The summed E-state index contributed by atoms with van der Waals surface area (Å²) in [6.07, 6.45) is -2.17. The summed E-state index contributed by atoms with van der Waals surface area (Å²) in [4.78, 5) is 0. The summed E-state index contributed by atoms with van der Waals surface area (Å²) < 4.78 is 34.0. The minimum absolute atomic E-state index is 0.0626. The fourth-order valence-corrected chi connectivity index (χ4v) is 1.60. The predicted octanol–water partition coefficient (Wildman–Crippen LogP) is 3.86. The molecule has 16 heavy (non-hydrogen) atoms. The van der Waals surface area contributed by atoms with Crippen molar-refractivity contribution in [2.45, 2.75) is 6.29 Å². The van der Waals surface area contributed by atoms with Gasteiger partial charge in [-0.25, -0.2) is 0 Å². The molecule has 0 atom stereocenters. The van der Waals surface area contributed by atoms with Crippen LogP contribution in [0.15, 0.2) is 31.4 Å². The van der Waals surface area contributed by atoms with Gasteiger partial charge in [0.15, 0.2) is 11.5 Å². The van der Waals surface area contributed by atoms with Gasteiger partial charge >= 0.3 is 6.29 Å². The van der Waals surface area contributed by atoms with E-state index in [4.69, 9.17) is 11.6 Å². The average Bonchev–Trinajstić information content (AvgIpc) is 2.48. The fourth-order valence-electron chi connectivity index (χ4n) is 1.33. The predicted molar refractivity (Wildman–Crippen MR) is 56.9 cm³/mol. The van der Waals surface area contributed by atoms with Crippen LogP contribution in [0, 0.1) is 0 Å². The highest BCUT2D eigenvalue weighted by Gasteiger charge is 2.43. The summed E-state index contributed by atoms with van der Waals surface area (Å²) >= 11 is 5.89. The molecule has 0 aromatic heterocycles. The van der Waals surface area contributed by atoms with E-state index in [9.17, 15) is 8.78 Å². The summed E-state index contributed by atoms with van der Waals surface area (Å²) in [5, 5.41) is 0.255. The van der Waals surface area contributed by atoms with Crippen molar-refractivity contribution in [3.63, 3.8) is 0 Å². The Hall–Kier alpha value is -1.55. The Morgan fingerprint density at radius 3 is 2.44 bits per heavy atom. The first-order valence-electron chi connectivity index (χ1n) is 4.34. The molecule has 0 unspecified atom stereocenters. The SMILES string of the molecule is C=CC(=C)c1cc2c(cc1Cl)OC(F)(F)O2. The molecule has 0 aliphatic carbocycles. The van der Waals surface area contributed by atoms with Crippen molar-refractivity contribution in [2.24, 2.45) is 0 Å². The number of fused-ring (bicyclic) bond motifs is 1. The lowest BCUT2D eigenvalue weighted by Crippen LogP contribution is -2.25. The number of alkyl halides is 2. The molecule has 84 valence electrons. The molecule has 0 amide bonds. The molecule has 1 aromatic rings. The highest BCUT2D eigenvalue weighted by atomic mass is 35.5. The van der Waals surface area contributed by atoms with E-state index in [0.29, 0.717) is 11.1 Å². The Labute approximate surface area is 95.7 Å². The van der Waals surface area contributed by atoms with Crippen molar-refractivity contribution in [1.29, 1.82) is 0 Å². The molecule has 0 radical (unpaired) electrons. The number of allylic oxidation sites excluding steroid dienone is 2. The van der Waals surface area contributed by atoms with Gasteiger partial charge in [-0.1, -0.05) is 30.8 Å². The lowest BCUT2D eigenvalue weighted by molar-refractivity contribution is -0.286. The van der Waals surface area contributed by atoms with E-state index in [1.807, 2.05) is 0 Å². The van der Waals surface area contributed by atoms with Crippen LogP contribution in [0.1, 0.15) is 5.56 Å². The molecule has 1 aliphatic rings. The first kappa shape index (κ1) is 11.0. The summed E-state index contributed by atoms with van der Waals surface area (Å²) in [5.74, 6) is -0.150. The van der Waals surface area contributed by atoms with E-state index in [1.54, 1.807) is 0 Å². The zero-order chi connectivity index (χ0) is 11.9. The number of ether oxygens (including phenoxy) is 2.